The van der Waals surface area contributed by atoms with E-state index in [1.807, 2.05) is 11.4 Å². The fourth-order valence-electron chi connectivity index (χ4n) is 3.02. The third-order valence-corrected chi connectivity index (χ3v) is 5.57. The monoisotopic (exact) mass is 385 g/mol. The maximum atomic E-state index is 13.3. The summed E-state index contributed by atoms with van der Waals surface area (Å²) < 4.78 is 6.69. The van der Waals surface area contributed by atoms with Gasteiger partial charge in [0.25, 0.3) is 5.56 Å². The molecule has 6 nitrogen and oxygen atoms in total. The summed E-state index contributed by atoms with van der Waals surface area (Å²) in [6, 6.07) is 6.17. The van der Waals surface area contributed by atoms with E-state index < -0.39 is 5.91 Å². The molecule has 0 atom stereocenters. The molecule has 0 aliphatic rings. The van der Waals surface area contributed by atoms with E-state index in [0.717, 1.165) is 11.1 Å². The Morgan fingerprint density at radius 2 is 2.07 bits per heavy atom. The van der Waals surface area contributed by atoms with Crippen LogP contribution in [0.4, 0.5) is 0 Å². The van der Waals surface area contributed by atoms with Crippen LogP contribution in [0.5, 0.6) is 0 Å². The van der Waals surface area contributed by atoms with E-state index in [-0.39, 0.29) is 18.5 Å². The van der Waals surface area contributed by atoms with Gasteiger partial charge in [-0.2, -0.15) is 0 Å². The lowest BCUT2D eigenvalue weighted by Crippen LogP contribution is -2.28. The quantitative estimate of drug-likeness (QED) is 0.677. The van der Waals surface area contributed by atoms with Crippen LogP contribution in [0.25, 0.3) is 21.3 Å². The molecule has 2 heterocycles. The number of hydrogen-bond acceptors (Lipinski definition) is 5. The second-order valence-corrected chi connectivity index (χ2v) is 7.43. The number of amides is 1. The Kier molecular flexibility index (Phi) is 5.72. The number of ether oxygens (including phenoxy) is 1. The standard InChI is InChI=1S/C20H23N3O3S/c1-12-4-5-14(10-13(12)2)15-11-27-19-18(15)20(25)23(8-6-16(21)24)17(22-19)7-9-26-3/h4-5,10-11H,6-9H2,1-3H3,(H2,21,24). The summed E-state index contributed by atoms with van der Waals surface area (Å²) in [6.45, 7) is 4.78. The molecule has 1 aromatic carbocycles. The number of primary amides is 1. The maximum Gasteiger partial charge on any atom is 0.262 e. The zero-order chi connectivity index (χ0) is 19.6. The number of nitrogens with two attached hydrogens (primary N) is 1. The fourth-order valence-corrected chi connectivity index (χ4v) is 3.98. The zero-order valence-corrected chi connectivity index (χ0v) is 16.6. The number of hydrogen-bond donors (Lipinski definition) is 1. The molecule has 0 bridgehead atoms. The largest absolute Gasteiger partial charge is 0.384 e. The third kappa shape index (κ3) is 3.94. The number of methoxy groups -OCH3 is 1. The van der Waals surface area contributed by atoms with Crippen molar-refractivity contribution in [1.82, 2.24) is 9.55 Å². The Bertz CT molecular complexity index is 1050. The molecule has 0 aliphatic carbocycles. The number of nitrogens with zero attached hydrogens (tertiary/aromatic N) is 2. The number of aromatic nitrogens is 2. The van der Waals surface area contributed by atoms with Crippen LogP contribution in [0.1, 0.15) is 23.4 Å². The summed E-state index contributed by atoms with van der Waals surface area (Å²) in [5.74, 6) is 0.170. The van der Waals surface area contributed by atoms with Crippen LogP contribution in [-0.4, -0.2) is 29.2 Å². The van der Waals surface area contributed by atoms with Crippen LogP contribution in [0, 0.1) is 13.8 Å². The highest BCUT2D eigenvalue weighted by atomic mass is 32.1. The topological polar surface area (TPSA) is 87.2 Å². The van der Waals surface area contributed by atoms with Gasteiger partial charge in [-0.3, -0.25) is 14.2 Å². The first kappa shape index (κ1) is 19.3. The van der Waals surface area contributed by atoms with Crippen LogP contribution >= 0.6 is 11.3 Å². The van der Waals surface area contributed by atoms with Gasteiger partial charge in [0.2, 0.25) is 5.91 Å². The molecule has 3 aromatic rings. The van der Waals surface area contributed by atoms with Crippen molar-refractivity contribution in [3.63, 3.8) is 0 Å². The van der Waals surface area contributed by atoms with Gasteiger partial charge in [-0.25, -0.2) is 4.98 Å². The van der Waals surface area contributed by atoms with Crippen LogP contribution in [0.3, 0.4) is 0 Å². The third-order valence-electron chi connectivity index (χ3n) is 4.70. The average Bonchev–Trinajstić information content (AvgIpc) is 3.05. The molecule has 0 radical (unpaired) electrons. The smallest absolute Gasteiger partial charge is 0.262 e. The SMILES string of the molecule is COCCc1nc2scc(-c3ccc(C)c(C)c3)c2c(=O)n1CCC(N)=O. The number of rotatable bonds is 7. The first-order valence-electron chi connectivity index (χ1n) is 8.78. The zero-order valence-electron chi connectivity index (χ0n) is 15.7. The van der Waals surface area contributed by atoms with Crippen molar-refractivity contribution in [2.24, 2.45) is 5.73 Å². The van der Waals surface area contributed by atoms with Crippen LogP contribution in [0.2, 0.25) is 0 Å². The lowest BCUT2D eigenvalue weighted by Gasteiger charge is -2.12. The van der Waals surface area contributed by atoms with Crippen molar-refractivity contribution in [2.75, 3.05) is 13.7 Å². The van der Waals surface area contributed by atoms with E-state index in [9.17, 15) is 9.59 Å². The Balaban J connectivity index is 2.18. The first-order chi connectivity index (χ1) is 12.9. The lowest BCUT2D eigenvalue weighted by molar-refractivity contribution is -0.118. The molecule has 1 amide bonds. The highest BCUT2D eigenvalue weighted by Crippen LogP contribution is 2.32. The number of aryl methyl sites for hydroxylation is 2. The molecule has 0 unspecified atom stereocenters. The summed E-state index contributed by atoms with van der Waals surface area (Å²) in [7, 11) is 1.60. The second kappa shape index (κ2) is 8.02. The number of benzene rings is 1. The number of thiophene rings is 1. The normalized spacial score (nSPS) is 11.2. The van der Waals surface area contributed by atoms with Gasteiger partial charge < -0.3 is 10.5 Å². The van der Waals surface area contributed by atoms with E-state index in [4.69, 9.17) is 10.5 Å². The van der Waals surface area contributed by atoms with Gasteiger partial charge >= 0.3 is 0 Å². The van der Waals surface area contributed by atoms with Gasteiger partial charge in [0.15, 0.2) is 0 Å². The Labute approximate surface area is 161 Å². The van der Waals surface area contributed by atoms with Gasteiger partial charge in [-0.15, -0.1) is 11.3 Å². The minimum absolute atomic E-state index is 0.0934. The van der Waals surface area contributed by atoms with Crippen molar-refractivity contribution in [3.05, 3.63) is 50.9 Å². The predicted molar refractivity (Wildman–Crippen MR) is 108 cm³/mol. The lowest BCUT2D eigenvalue weighted by atomic mass is 10.0. The molecular weight excluding hydrogens is 362 g/mol. The van der Waals surface area contributed by atoms with Crippen molar-refractivity contribution in [1.29, 1.82) is 0 Å². The molecule has 2 N–H and O–H groups in total. The summed E-state index contributed by atoms with van der Waals surface area (Å²) in [4.78, 5) is 29.9. The maximum absolute atomic E-state index is 13.3. The first-order valence-corrected chi connectivity index (χ1v) is 9.66. The molecule has 142 valence electrons. The highest BCUT2D eigenvalue weighted by Gasteiger charge is 2.17. The average molecular weight is 385 g/mol. The molecule has 0 fully saturated rings. The highest BCUT2D eigenvalue weighted by molar-refractivity contribution is 7.17. The van der Waals surface area contributed by atoms with Crippen molar-refractivity contribution >= 4 is 27.5 Å². The molecule has 0 saturated carbocycles. The van der Waals surface area contributed by atoms with Gasteiger partial charge in [0.1, 0.15) is 10.7 Å². The van der Waals surface area contributed by atoms with E-state index in [1.165, 1.54) is 22.5 Å². The Hall–Kier alpha value is -2.51. The minimum Gasteiger partial charge on any atom is -0.384 e. The molecule has 7 heteroatoms. The summed E-state index contributed by atoms with van der Waals surface area (Å²) >= 11 is 1.46. The molecule has 0 spiro atoms. The van der Waals surface area contributed by atoms with Crippen LogP contribution in [0.15, 0.2) is 28.4 Å². The molecular formula is C20H23N3O3S. The Morgan fingerprint density at radius 1 is 1.30 bits per heavy atom. The van der Waals surface area contributed by atoms with E-state index >= 15 is 0 Å². The molecule has 2 aromatic heterocycles. The van der Waals surface area contributed by atoms with Crippen LogP contribution in [-0.2, 0) is 22.5 Å². The van der Waals surface area contributed by atoms with Crippen molar-refractivity contribution in [2.45, 2.75) is 33.2 Å². The number of fused-ring (bicyclic) bond motifs is 1. The molecule has 0 saturated heterocycles. The summed E-state index contributed by atoms with van der Waals surface area (Å²) in [6.07, 6.45) is 0.591. The molecule has 3 rings (SSSR count). The minimum atomic E-state index is -0.445. The van der Waals surface area contributed by atoms with E-state index in [0.29, 0.717) is 29.1 Å². The summed E-state index contributed by atoms with van der Waals surface area (Å²) in [5, 5.41) is 2.57. The van der Waals surface area contributed by atoms with Gasteiger partial charge in [-0.05, 0) is 30.5 Å². The number of carbonyl (C=O) groups excluding carboxylic acids is 1. The summed E-state index contributed by atoms with van der Waals surface area (Å²) in [5.41, 5.74) is 9.40. The van der Waals surface area contributed by atoms with Gasteiger partial charge in [0, 0.05) is 37.4 Å². The number of carbonyl (C=O) groups is 1. The van der Waals surface area contributed by atoms with E-state index in [2.05, 4.69) is 31.0 Å². The van der Waals surface area contributed by atoms with Gasteiger partial charge in [0.05, 0.1) is 12.0 Å². The second-order valence-electron chi connectivity index (χ2n) is 6.57. The predicted octanol–water partition coefficient (Wildman–Crippen LogP) is 2.81. The molecule has 27 heavy (non-hydrogen) atoms. The van der Waals surface area contributed by atoms with Crippen molar-refractivity contribution < 1.29 is 9.53 Å². The Morgan fingerprint density at radius 3 is 2.74 bits per heavy atom. The molecule has 0 aliphatic heterocycles. The van der Waals surface area contributed by atoms with Crippen LogP contribution < -0.4 is 11.3 Å². The fraction of sp³-hybridized carbons (Fsp3) is 0.350. The van der Waals surface area contributed by atoms with E-state index in [1.54, 1.807) is 11.7 Å². The van der Waals surface area contributed by atoms with Crippen molar-refractivity contribution in [3.8, 4) is 11.1 Å². The van der Waals surface area contributed by atoms with Gasteiger partial charge in [-0.1, -0.05) is 18.2 Å².